The summed E-state index contributed by atoms with van der Waals surface area (Å²) in [6.07, 6.45) is 0.344. The van der Waals surface area contributed by atoms with Crippen molar-refractivity contribution in [1.29, 1.82) is 0 Å². The first kappa shape index (κ1) is 13.9. The van der Waals surface area contributed by atoms with Gasteiger partial charge in [-0.1, -0.05) is 6.92 Å². The van der Waals surface area contributed by atoms with E-state index < -0.39 is 11.6 Å². The molecule has 0 radical (unpaired) electrons. The van der Waals surface area contributed by atoms with Gasteiger partial charge >= 0.3 is 0 Å². The summed E-state index contributed by atoms with van der Waals surface area (Å²) < 4.78 is 25.8. The second-order valence-corrected chi connectivity index (χ2v) is 3.96. The van der Waals surface area contributed by atoms with E-state index in [2.05, 4.69) is 20.8 Å². The molecule has 2 aromatic rings. The molecular weight excluding hydrogens is 266 g/mol. The van der Waals surface area contributed by atoms with Gasteiger partial charge in [0.05, 0.1) is 0 Å². The first-order valence-corrected chi connectivity index (χ1v) is 5.94. The Morgan fingerprint density at radius 1 is 1.10 bits per heavy atom. The van der Waals surface area contributed by atoms with Crippen molar-refractivity contribution in [1.82, 2.24) is 10.2 Å². The molecule has 0 unspecified atom stereocenters. The Morgan fingerprint density at radius 2 is 1.80 bits per heavy atom. The lowest BCUT2D eigenvalue weighted by atomic mass is 10.3. The quantitative estimate of drug-likeness (QED) is 0.902. The largest absolute Gasteiger partial charge is 0.339 e. The Kier molecular flexibility index (Phi) is 4.19. The Labute approximate surface area is 114 Å². The van der Waals surface area contributed by atoms with E-state index in [1.165, 1.54) is 6.07 Å². The average molecular weight is 278 g/mol. The number of benzene rings is 1. The lowest BCUT2D eigenvalue weighted by Gasteiger charge is -2.06. The van der Waals surface area contributed by atoms with E-state index in [4.69, 9.17) is 0 Å². The normalized spacial score (nSPS) is 10.2. The number of anilines is 3. The van der Waals surface area contributed by atoms with Crippen molar-refractivity contribution in [3.05, 3.63) is 42.0 Å². The number of hydrogen-bond donors (Lipinski definition) is 2. The van der Waals surface area contributed by atoms with Crippen molar-refractivity contribution in [3.8, 4) is 0 Å². The molecular formula is C13H12F2N4O. The van der Waals surface area contributed by atoms with Crippen molar-refractivity contribution < 1.29 is 13.6 Å². The fourth-order valence-electron chi connectivity index (χ4n) is 1.42. The second kappa shape index (κ2) is 6.05. The Hall–Kier alpha value is -2.57. The third-order valence-electron chi connectivity index (χ3n) is 2.45. The number of nitrogens with one attached hydrogen (secondary N) is 2. The van der Waals surface area contributed by atoms with Crippen LogP contribution in [0, 0.1) is 11.6 Å². The van der Waals surface area contributed by atoms with E-state index in [9.17, 15) is 13.6 Å². The highest BCUT2D eigenvalue weighted by atomic mass is 19.2. The van der Waals surface area contributed by atoms with Gasteiger partial charge in [0.2, 0.25) is 5.91 Å². The molecule has 0 saturated carbocycles. The topological polar surface area (TPSA) is 66.9 Å². The number of hydrogen-bond acceptors (Lipinski definition) is 4. The maximum Gasteiger partial charge on any atom is 0.225 e. The van der Waals surface area contributed by atoms with Crippen LogP contribution in [0.2, 0.25) is 0 Å². The van der Waals surface area contributed by atoms with E-state index in [-0.39, 0.29) is 5.91 Å². The summed E-state index contributed by atoms with van der Waals surface area (Å²) in [6.45, 7) is 1.72. The molecule has 0 bridgehead atoms. The molecule has 0 aliphatic rings. The zero-order chi connectivity index (χ0) is 14.5. The Balaban J connectivity index is 2.06. The molecule has 0 aliphatic carbocycles. The summed E-state index contributed by atoms with van der Waals surface area (Å²) in [4.78, 5) is 11.2. The fourth-order valence-corrected chi connectivity index (χ4v) is 1.42. The minimum absolute atomic E-state index is 0.166. The maximum absolute atomic E-state index is 13.0. The average Bonchev–Trinajstić information content (AvgIpc) is 2.45. The molecule has 0 aliphatic heterocycles. The van der Waals surface area contributed by atoms with Crippen molar-refractivity contribution in [2.45, 2.75) is 13.3 Å². The van der Waals surface area contributed by atoms with Gasteiger partial charge < -0.3 is 10.6 Å². The molecule has 1 amide bonds. The highest BCUT2D eigenvalue weighted by Gasteiger charge is 2.05. The van der Waals surface area contributed by atoms with Crippen LogP contribution in [-0.4, -0.2) is 16.1 Å². The molecule has 0 spiro atoms. The summed E-state index contributed by atoms with van der Waals surface area (Å²) in [6, 6.07) is 6.54. The molecule has 0 saturated heterocycles. The molecule has 1 aromatic heterocycles. The summed E-state index contributed by atoms with van der Waals surface area (Å²) in [5.74, 6) is -1.35. The van der Waals surface area contributed by atoms with E-state index in [1.54, 1.807) is 19.1 Å². The third-order valence-corrected chi connectivity index (χ3v) is 2.45. The summed E-state index contributed by atoms with van der Waals surface area (Å²) >= 11 is 0. The van der Waals surface area contributed by atoms with Crippen LogP contribution in [0.25, 0.3) is 0 Å². The van der Waals surface area contributed by atoms with Crippen molar-refractivity contribution in [3.63, 3.8) is 0 Å². The van der Waals surface area contributed by atoms with Crippen LogP contribution < -0.4 is 10.6 Å². The van der Waals surface area contributed by atoms with Crippen LogP contribution in [0.4, 0.5) is 26.1 Å². The fraction of sp³-hybridized carbons (Fsp3) is 0.154. The van der Waals surface area contributed by atoms with Gasteiger partial charge in [-0.25, -0.2) is 8.78 Å². The van der Waals surface area contributed by atoms with Gasteiger partial charge in [0.25, 0.3) is 0 Å². The van der Waals surface area contributed by atoms with Crippen molar-refractivity contribution in [2.75, 3.05) is 10.6 Å². The molecule has 0 fully saturated rings. The first-order valence-electron chi connectivity index (χ1n) is 5.94. The number of carbonyl (C=O) groups excluding carboxylic acids is 1. The van der Waals surface area contributed by atoms with Crippen LogP contribution >= 0.6 is 0 Å². The van der Waals surface area contributed by atoms with Gasteiger partial charge in [0, 0.05) is 18.2 Å². The molecule has 1 heterocycles. The summed E-state index contributed by atoms with van der Waals surface area (Å²) in [5, 5.41) is 12.9. The lowest BCUT2D eigenvalue weighted by Crippen LogP contribution is -2.11. The number of aromatic nitrogens is 2. The van der Waals surface area contributed by atoms with Gasteiger partial charge in [-0.2, -0.15) is 0 Å². The second-order valence-electron chi connectivity index (χ2n) is 3.96. The Morgan fingerprint density at radius 3 is 2.40 bits per heavy atom. The van der Waals surface area contributed by atoms with Crippen LogP contribution in [0.15, 0.2) is 30.3 Å². The van der Waals surface area contributed by atoms with E-state index in [1.807, 2.05) is 0 Å². The van der Waals surface area contributed by atoms with Crippen LogP contribution in [-0.2, 0) is 4.79 Å². The van der Waals surface area contributed by atoms with Crippen LogP contribution in [0.5, 0.6) is 0 Å². The highest BCUT2D eigenvalue weighted by Crippen LogP contribution is 2.17. The SMILES string of the molecule is CCC(=O)Nc1ccc(Nc2ccc(F)c(F)c2)nn1. The van der Waals surface area contributed by atoms with E-state index >= 15 is 0 Å². The highest BCUT2D eigenvalue weighted by molar-refractivity contribution is 5.89. The van der Waals surface area contributed by atoms with Gasteiger partial charge in [0.1, 0.15) is 0 Å². The minimum atomic E-state index is -0.949. The molecule has 104 valence electrons. The number of nitrogens with zero attached hydrogens (tertiary/aromatic N) is 2. The summed E-state index contributed by atoms with van der Waals surface area (Å²) in [5.41, 5.74) is 0.351. The van der Waals surface area contributed by atoms with E-state index in [0.29, 0.717) is 23.7 Å². The number of rotatable bonds is 4. The van der Waals surface area contributed by atoms with Crippen LogP contribution in [0.3, 0.4) is 0 Å². The van der Waals surface area contributed by atoms with Gasteiger partial charge in [0.15, 0.2) is 23.3 Å². The summed E-state index contributed by atoms with van der Waals surface area (Å²) in [7, 11) is 0. The zero-order valence-electron chi connectivity index (χ0n) is 10.7. The lowest BCUT2D eigenvalue weighted by molar-refractivity contribution is -0.115. The predicted octanol–water partition coefficient (Wildman–Crippen LogP) is 2.85. The van der Waals surface area contributed by atoms with Gasteiger partial charge in [-0.15, -0.1) is 10.2 Å². The predicted molar refractivity (Wildman–Crippen MR) is 70.6 cm³/mol. The molecule has 20 heavy (non-hydrogen) atoms. The molecule has 2 N–H and O–H groups in total. The molecule has 5 nitrogen and oxygen atoms in total. The minimum Gasteiger partial charge on any atom is -0.339 e. The van der Waals surface area contributed by atoms with Crippen molar-refractivity contribution >= 4 is 23.2 Å². The Bertz CT molecular complexity index is 616. The maximum atomic E-state index is 13.0. The van der Waals surface area contributed by atoms with Gasteiger partial charge in [-0.3, -0.25) is 4.79 Å². The monoisotopic (exact) mass is 278 g/mol. The third kappa shape index (κ3) is 3.47. The molecule has 2 rings (SSSR count). The number of carbonyl (C=O) groups is 1. The van der Waals surface area contributed by atoms with Gasteiger partial charge in [-0.05, 0) is 24.3 Å². The van der Waals surface area contributed by atoms with Crippen molar-refractivity contribution in [2.24, 2.45) is 0 Å². The standard InChI is InChI=1S/C13H12F2N4O/c1-2-13(20)17-12-6-5-11(18-19-12)16-8-3-4-9(14)10(15)7-8/h3-7H,2H2,1H3,(H,16,18)(H,17,19,20). The van der Waals surface area contributed by atoms with Crippen LogP contribution in [0.1, 0.15) is 13.3 Å². The molecule has 0 atom stereocenters. The molecule has 7 heteroatoms. The zero-order valence-corrected chi connectivity index (χ0v) is 10.7. The number of amides is 1. The smallest absolute Gasteiger partial charge is 0.225 e. The van der Waals surface area contributed by atoms with E-state index in [0.717, 1.165) is 12.1 Å². The first-order chi connectivity index (χ1) is 9.58. The molecule has 1 aromatic carbocycles. The number of halogens is 2.